The van der Waals surface area contributed by atoms with Gasteiger partial charge in [-0.25, -0.2) is 0 Å². The minimum atomic E-state index is 1.01. The Kier molecular flexibility index (Phi) is 7.96. The molecule has 0 aliphatic heterocycles. The zero-order valence-electron chi connectivity index (χ0n) is 31.5. The van der Waals surface area contributed by atoms with Crippen molar-refractivity contribution in [1.82, 2.24) is 9.13 Å². The highest BCUT2D eigenvalue weighted by molar-refractivity contribution is 6.12. The van der Waals surface area contributed by atoms with E-state index < -0.39 is 0 Å². The molecule has 0 atom stereocenters. The molecular weight excluding hydrogens is 691 g/mol. The van der Waals surface area contributed by atoms with Crippen LogP contribution in [0.25, 0.3) is 77.2 Å². The fourth-order valence-electron chi connectivity index (χ4n) is 8.89. The van der Waals surface area contributed by atoms with Gasteiger partial charge in [-0.3, -0.25) is 0 Å². The van der Waals surface area contributed by atoms with Crippen LogP contribution in [0.15, 0.2) is 212 Å². The van der Waals surface area contributed by atoms with Crippen LogP contribution in [0.5, 0.6) is 0 Å². The number of allylic oxidation sites excluding steroid dienone is 4. The lowest BCUT2D eigenvalue weighted by Crippen LogP contribution is -2.10. The van der Waals surface area contributed by atoms with Crippen molar-refractivity contribution in [2.75, 3.05) is 4.90 Å². The lowest BCUT2D eigenvalue weighted by Gasteiger charge is -2.27. The van der Waals surface area contributed by atoms with E-state index in [0.29, 0.717) is 0 Å². The van der Waals surface area contributed by atoms with Gasteiger partial charge < -0.3 is 14.0 Å². The summed E-state index contributed by atoms with van der Waals surface area (Å²) in [6.45, 7) is 0. The monoisotopic (exact) mass is 729 g/mol. The van der Waals surface area contributed by atoms with Crippen LogP contribution < -0.4 is 4.90 Å². The van der Waals surface area contributed by atoms with Crippen LogP contribution in [0.2, 0.25) is 0 Å². The molecule has 0 fully saturated rings. The zero-order valence-corrected chi connectivity index (χ0v) is 31.5. The van der Waals surface area contributed by atoms with E-state index in [1.54, 1.807) is 0 Å². The maximum absolute atomic E-state index is 2.48. The van der Waals surface area contributed by atoms with Gasteiger partial charge in [-0.15, -0.1) is 0 Å². The molecule has 1 aliphatic rings. The second-order valence-electron chi connectivity index (χ2n) is 14.9. The maximum atomic E-state index is 2.48. The van der Waals surface area contributed by atoms with E-state index in [4.69, 9.17) is 0 Å². The van der Waals surface area contributed by atoms with Crippen molar-refractivity contribution in [1.29, 1.82) is 0 Å². The standard InChI is InChI=1S/C54H39N3/c1-4-15-38(16-5-1)39-27-30-44(31-28-39)55(46-32-34-50-48-24-11-13-26-52(48)57(54(50)37-46)43-20-8-3-9-21-43)45-22-14-17-40(35-45)41-29-33-49-47-23-10-12-25-51(47)56(53(49)36-41)42-18-6-2-7-19-42/h1-8,10-20,22-37H,9,21H2. The zero-order chi connectivity index (χ0) is 37.7. The molecular formula is C54H39N3. The fraction of sp³-hybridized carbons (Fsp3) is 0.0370. The van der Waals surface area contributed by atoms with Crippen LogP contribution in [-0.2, 0) is 0 Å². The highest BCUT2D eigenvalue weighted by Gasteiger charge is 2.20. The van der Waals surface area contributed by atoms with E-state index in [2.05, 4.69) is 226 Å². The number of aromatic nitrogens is 2. The Labute approximate surface area is 332 Å². The molecule has 270 valence electrons. The smallest absolute Gasteiger partial charge is 0.0558 e. The van der Waals surface area contributed by atoms with E-state index in [9.17, 15) is 0 Å². The first kappa shape index (κ1) is 33.0. The third kappa shape index (κ3) is 5.67. The molecule has 8 aromatic carbocycles. The van der Waals surface area contributed by atoms with Gasteiger partial charge in [0.05, 0.1) is 22.1 Å². The van der Waals surface area contributed by atoms with Gasteiger partial charge in [0.15, 0.2) is 0 Å². The van der Waals surface area contributed by atoms with Crippen LogP contribution >= 0.6 is 0 Å². The van der Waals surface area contributed by atoms with Crippen LogP contribution in [0.1, 0.15) is 12.8 Å². The number of anilines is 3. The quantitative estimate of drug-likeness (QED) is 0.159. The van der Waals surface area contributed by atoms with Gasteiger partial charge in [0.1, 0.15) is 0 Å². The number of para-hydroxylation sites is 3. The van der Waals surface area contributed by atoms with Gasteiger partial charge in [0.25, 0.3) is 0 Å². The highest BCUT2D eigenvalue weighted by Crippen LogP contribution is 2.42. The molecule has 0 unspecified atom stereocenters. The number of fused-ring (bicyclic) bond motifs is 6. The SMILES string of the molecule is C1=CCCC(n2c3ccccc3c3ccc(N(c4ccc(-c5ccccc5)cc4)c4cccc(-c5ccc6c7ccccc7n(-c7ccccc7)c6c5)c4)cc32)=C1. The van der Waals surface area contributed by atoms with Crippen molar-refractivity contribution in [3.05, 3.63) is 212 Å². The molecule has 0 saturated heterocycles. The molecule has 1 aliphatic carbocycles. The van der Waals surface area contributed by atoms with E-state index in [1.165, 1.54) is 71.6 Å². The number of benzene rings is 8. The third-order valence-electron chi connectivity index (χ3n) is 11.6. The molecule has 57 heavy (non-hydrogen) atoms. The lowest BCUT2D eigenvalue weighted by atomic mass is 10.0. The summed E-state index contributed by atoms with van der Waals surface area (Å²) in [6.07, 6.45) is 8.79. The van der Waals surface area contributed by atoms with Crippen molar-refractivity contribution in [3.8, 4) is 27.9 Å². The van der Waals surface area contributed by atoms with E-state index in [1.807, 2.05) is 0 Å². The van der Waals surface area contributed by atoms with Crippen molar-refractivity contribution in [2.24, 2.45) is 0 Å². The van der Waals surface area contributed by atoms with Crippen molar-refractivity contribution >= 4 is 66.4 Å². The Morgan fingerprint density at radius 2 is 0.912 bits per heavy atom. The van der Waals surface area contributed by atoms with Gasteiger partial charge in [-0.05, 0) is 108 Å². The second-order valence-corrected chi connectivity index (χ2v) is 14.9. The molecule has 11 rings (SSSR count). The Morgan fingerprint density at radius 3 is 1.65 bits per heavy atom. The molecule has 10 aromatic rings. The van der Waals surface area contributed by atoms with Gasteiger partial charge in [-0.1, -0.05) is 140 Å². The molecule has 0 bridgehead atoms. The number of hydrogen-bond donors (Lipinski definition) is 0. The van der Waals surface area contributed by atoms with Crippen LogP contribution in [0, 0.1) is 0 Å². The van der Waals surface area contributed by atoms with Crippen molar-refractivity contribution in [3.63, 3.8) is 0 Å². The van der Waals surface area contributed by atoms with Crippen LogP contribution in [-0.4, -0.2) is 9.13 Å². The van der Waals surface area contributed by atoms with E-state index in [-0.39, 0.29) is 0 Å². The molecule has 3 nitrogen and oxygen atoms in total. The maximum Gasteiger partial charge on any atom is 0.0558 e. The predicted octanol–water partition coefficient (Wildman–Crippen LogP) is 14.9. The highest BCUT2D eigenvalue weighted by atomic mass is 15.1. The largest absolute Gasteiger partial charge is 0.313 e. The van der Waals surface area contributed by atoms with Crippen LogP contribution in [0.3, 0.4) is 0 Å². The van der Waals surface area contributed by atoms with Crippen LogP contribution in [0.4, 0.5) is 17.1 Å². The minimum absolute atomic E-state index is 1.01. The Balaban J connectivity index is 1.09. The topological polar surface area (TPSA) is 13.1 Å². The first-order valence-corrected chi connectivity index (χ1v) is 19.8. The molecule has 2 heterocycles. The molecule has 0 spiro atoms. The van der Waals surface area contributed by atoms with Crippen molar-refractivity contribution < 1.29 is 0 Å². The Morgan fingerprint density at radius 1 is 0.368 bits per heavy atom. The Bertz CT molecular complexity index is 3160. The molecule has 0 amide bonds. The first-order chi connectivity index (χ1) is 28.3. The van der Waals surface area contributed by atoms with Gasteiger partial charge >= 0.3 is 0 Å². The average Bonchev–Trinajstić information content (AvgIpc) is 3.80. The lowest BCUT2D eigenvalue weighted by molar-refractivity contribution is 0.979. The summed E-state index contributed by atoms with van der Waals surface area (Å²) in [5, 5.41) is 5.05. The first-order valence-electron chi connectivity index (χ1n) is 19.8. The number of hydrogen-bond acceptors (Lipinski definition) is 1. The summed E-state index contributed by atoms with van der Waals surface area (Å²) in [5.41, 5.74) is 15.4. The van der Waals surface area contributed by atoms with Crippen molar-refractivity contribution in [2.45, 2.75) is 12.8 Å². The van der Waals surface area contributed by atoms with Gasteiger partial charge in [0, 0.05) is 50.0 Å². The fourth-order valence-corrected chi connectivity index (χ4v) is 8.89. The molecule has 0 radical (unpaired) electrons. The molecule has 0 saturated carbocycles. The molecule has 2 aromatic heterocycles. The van der Waals surface area contributed by atoms with Gasteiger partial charge in [-0.2, -0.15) is 0 Å². The number of nitrogens with zero attached hydrogens (tertiary/aromatic N) is 3. The summed E-state index contributed by atoms with van der Waals surface area (Å²) >= 11 is 0. The second kappa shape index (κ2) is 13.7. The summed E-state index contributed by atoms with van der Waals surface area (Å²) in [6, 6.07) is 70.8. The summed E-state index contributed by atoms with van der Waals surface area (Å²) < 4.78 is 4.87. The Hall–Kier alpha value is -7.36. The summed E-state index contributed by atoms with van der Waals surface area (Å²) in [5.74, 6) is 0. The van der Waals surface area contributed by atoms with Gasteiger partial charge in [0.2, 0.25) is 0 Å². The minimum Gasteiger partial charge on any atom is -0.313 e. The van der Waals surface area contributed by atoms with E-state index >= 15 is 0 Å². The summed E-state index contributed by atoms with van der Waals surface area (Å²) in [7, 11) is 0. The average molecular weight is 730 g/mol. The normalized spacial score (nSPS) is 12.8. The number of rotatable bonds is 7. The third-order valence-corrected chi connectivity index (χ3v) is 11.6. The predicted molar refractivity (Wildman–Crippen MR) is 242 cm³/mol. The summed E-state index contributed by atoms with van der Waals surface area (Å²) in [4.78, 5) is 2.41. The molecule has 3 heteroatoms. The van der Waals surface area contributed by atoms with E-state index in [0.717, 1.165) is 35.6 Å². The molecule has 0 N–H and O–H groups in total.